The maximum Gasteiger partial charge on any atom is 0.272 e. The average Bonchev–Trinajstić information content (AvgIpc) is 3.42. The molecule has 1 aliphatic carbocycles. The van der Waals surface area contributed by atoms with E-state index in [9.17, 15) is 9.59 Å². The summed E-state index contributed by atoms with van der Waals surface area (Å²) in [6.45, 7) is 0. The van der Waals surface area contributed by atoms with Crippen LogP contribution in [0.3, 0.4) is 0 Å². The largest absolute Gasteiger partial charge is 0.481 e. The summed E-state index contributed by atoms with van der Waals surface area (Å²) in [6, 6.07) is 10.4. The molecule has 1 fully saturated rings. The second-order valence-electron chi connectivity index (χ2n) is 7.12. The van der Waals surface area contributed by atoms with Gasteiger partial charge >= 0.3 is 0 Å². The molecule has 30 heavy (non-hydrogen) atoms. The molecule has 3 N–H and O–H groups in total. The lowest BCUT2D eigenvalue weighted by Gasteiger charge is -2.17. The number of amides is 2. The van der Waals surface area contributed by atoms with Crippen molar-refractivity contribution in [2.45, 2.75) is 25.3 Å². The van der Waals surface area contributed by atoms with Gasteiger partial charge in [-0.25, -0.2) is 9.67 Å². The number of carbonyl (C=O) groups excluding carboxylic acids is 2. The molecule has 1 aliphatic rings. The molecule has 154 valence electrons. The van der Waals surface area contributed by atoms with E-state index in [1.807, 2.05) is 18.2 Å². The van der Waals surface area contributed by atoms with E-state index in [4.69, 9.17) is 10.5 Å². The van der Waals surface area contributed by atoms with Gasteiger partial charge in [-0.1, -0.05) is 12.5 Å². The molecule has 2 atom stereocenters. The lowest BCUT2D eigenvalue weighted by molar-refractivity contribution is -0.122. The number of methoxy groups -OCH3 is 1. The minimum Gasteiger partial charge on any atom is -0.481 e. The fraction of sp³-hybridized carbons (Fsp3) is 0.286. The number of nitrogens with one attached hydrogen (secondary N) is 1. The average molecular weight is 406 g/mol. The minimum absolute atomic E-state index is 0.224. The number of carbonyl (C=O) groups is 2. The van der Waals surface area contributed by atoms with Crippen LogP contribution in [0.25, 0.3) is 17.1 Å². The van der Waals surface area contributed by atoms with E-state index in [1.165, 1.54) is 0 Å². The van der Waals surface area contributed by atoms with Gasteiger partial charge in [0.2, 0.25) is 11.8 Å². The molecule has 3 heterocycles. The summed E-state index contributed by atoms with van der Waals surface area (Å²) >= 11 is 0. The van der Waals surface area contributed by atoms with Crippen LogP contribution in [0.4, 0.5) is 0 Å². The molecule has 0 radical (unpaired) electrons. The molecular weight excluding hydrogens is 384 g/mol. The van der Waals surface area contributed by atoms with Crippen molar-refractivity contribution in [2.75, 3.05) is 7.11 Å². The summed E-state index contributed by atoms with van der Waals surface area (Å²) in [6.07, 6.45) is 5.54. The van der Waals surface area contributed by atoms with E-state index in [1.54, 1.807) is 42.4 Å². The van der Waals surface area contributed by atoms with E-state index in [2.05, 4.69) is 20.4 Å². The zero-order valence-corrected chi connectivity index (χ0v) is 16.5. The van der Waals surface area contributed by atoms with Gasteiger partial charge in [0.1, 0.15) is 0 Å². The van der Waals surface area contributed by atoms with Crippen LogP contribution in [-0.2, 0) is 4.79 Å². The molecular formula is C21H22N6O3. The van der Waals surface area contributed by atoms with E-state index < -0.39 is 0 Å². The lowest BCUT2D eigenvalue weighted by atomic mass is 10.0. The topological polar surface area (TPSA) is 125 Å². The predicted molar refractivity (Wildman–Crippen MR) is 109 cm³/mol. The summed E-state index contributed by atoms with van der Waals surface area (Å²) in [7, 11) is 1.54. The Morgan fingerprint density at radius 1 is 1.20 bits per heavy atom. The molecule has 0 spiro atoms. The standard InChI is InChI=1S/C21H22N6O3/c1-30-19-9-8-13(12-24-19)27-18(16-6-2-3-10-23-16)11-17(26-27)21(29)25-15-7-4-5-14(15)20(22)28/h2-3,6,8-12,14-15H,4-5,7H2,1H3,(H2,22,28)(H,25,29). The molecule has 2 unspecified atom stereocenters. The van der Waals surface area contributed by atoms with Crippen LogP contribution in [0.5, 0.6) is 5.88 Å². The molecule has 0 aromatic carbocycles. The molecule has 9 heteroatoms. The van der Waals surface area contributed by atoms with Gasteiger partial charge < -0.3 is 15.8 Å². The van der Waals surface area contributed by atoms with Crippen molar-refractivity contribution in [3.63, 3.8) is 0 Å². The molecule has 1 saturated carbocycles. The Hall–Kier alpha value is -3.75. The van der Waals surface area contributed by atoms with Crippen LogP contribution in [0.15, 0.2) is 48.8 Å². The third-order valence-corrected chi connectivity index (χ3v) is 5.24. The lowest BCUT2D eigenvalue weighted by Crippen LogP contribution is -2.42. The first-order valence-electron chi connectivity index (χ1n) is 9.69. The number of pyridine rings is 2. The summed E-state index contributed by atoms with van der Waals surface area (Å²) in [5.41, 5.74) is 7.66. The summed E-state index contributed by atoms with van der Waals surface area (Å²) in [4.78, 5) is 33.1. The quantitative estimate of drug-likeness (QED) is 0.642. The highest BCUT2D eigenvalue weighted by Crippen LogP contribution is 2.27. The second-order valence-corrected chi connectivity index (χ2v) is 7.12. The number of aromatic nitrogens is 4. The Morgan fingerprint density at radius 2 is 2.07 bits per heavy atom. The Kier molecular flexibility index (Phi) is 5.42. The molecule has 3 aromatic heterocycles. The van der Waals surface area contributed by atoms with Crippen LogP contribution in [-0.4, -0.2) is 44.7 Å². The first-order chi connectivity index (χ1) is 14.6. The summed E-state index contributed by atoms with van der Waals surface area (Å²) < 4.78 is 6.73. The van der Waals surface area contributed by atoms with Crippen molar-refractivity contribution in [2.24, 2.45) is 11.7 Å². The number of nitrogens with zero attached hydrogens (tertiary/aromatic N) is 4. The number of hydrogen-bond acceptors (Lipinski definition) is 6. The third kappa shape index (κ3) is 3.86. The fourth-order valence-electron chi connectivity index (χ4n) is 3.72. The smallest absolute Gasteiger partial charge is 0.272 e. The number of primary amides is 1. The van der Waals surface area contributed by atoms with Crippen molar-refractivity contribution in [3.05, 3.63) is 54.5 Å². The molecule has 0 aliphatic heterocycles. The molecule has 3 aromatic rings. The van der Waals surface area contributed by atoms with Crippen molar-refractivity contribution in [3.8, 4) is 23.0 Å². The Morgan fingerprint density at radius 3 is 2.73 bits per heavy atom. The Labute approximate surface area is 173 Å². The summed E-state index contributed by atoms with van der Waals surface area (Å²) in [5, 5.41) is 7.41. The highest BCUT2D eigenvalue weighted by molar-refractivity contribution is 5.94. The Balaban J connectivity index is 1.68. The monoisotopic (exact) mass is 406 g/mol. The molecule has 0 saturated heterocycles. The minimum atomic E-state index is -0.387. The number of hydrogen-bond donors (Lipinski definition) is 2. The fourth-order valence-corrected chi connectivity index (χ4v) is 3.72. The molecule has 0 bridgehead atoms. The number of ether oxygens (including phenoxy) is 1. The van der Waals surface area contributed by atoms with Crippen LogP contribution in [0.2, 0.25) is 0 Å². The SMILES string of the molecule is COc1ccc(-n2nc(C(=O)NC3CCCC3C(N)=O)cc2-c2ccccn2)cn1. The van der Waals surface area contributed by atoms with Crippen molar-refractivity contribution < 1.29 is 14.3 Å². The molecule has 2 amide bonds. The van der Waals surface area contributed by atoms with E-state index in [-0.39, 0.29) is 29.5 Å². The van der Waals surface area contributed by atoms with Gasteiger partial charge in [-0.2, -0.15) is 5.10 Å². The predicted octanol–water partition coefficient (Wildman–Crippen LogP) is 1.72. The van der Waals surface area contributed by atoms with Gasteiger partial charge in [0, 0.05) is 18.3 Å². The van der Waals surface area contributed by atoms with Gasteiger partial charge in [-0.05, 0) is 37.1 Å². The first kappa shape index (κ1) is 19.6. The maximum absolute atomic E-state index is 12.9. The van der Waals surface area contributed by atoms with Gasteiger partial charge in [-0.3, -0.25) is 14.6 Å². The van der Waals surface area contributed by atoms with Gasteiger partial charge in [0.15, 0.2) is 5.69 Å². The van der Waals surface area contributed by atoms with Gasteiger partial charge in [0.25, 0.3) is 5.91 Å². The van der Waals surface area contributed by atoms with Crippen molar-refractivity contribution >= 4 is 11.8 Å². The molecule has 4 rings (SSSR count). The van der Waals surface area contributed by atoms with Crippen LogP contribution in [0.1, 0.15) is 29.8 Å². The summed E-state index contributed by atoms with van der Waals surface area (Å²) in [5.74, 6) is -0.619. The van der Waals surface area contributed by atoms with Crippen LogP contribution >= 0.6 is 0 Å². The van der Waals surface area contributed by atoms with Crippen molar-refractivity contribution in [1.29, 1.82) is 0 Å². The zero-order chi connectivity index (χ0) is 21.1. The number of rotatable bonds is 6. The second kappa shape index (κ2) is 8.32. The van der Waals surface area contributed by atoms with E-state index in [0.717, 1.165) is 12.8 Å². The van der Waals surface area contributed by atoms with E-state index >= 15 is 0 Å². The highest BCUT2D eigenvalue weighted by Gasteiger charge is 2.33. The highest BCUT2D eigenvalue weighted by atomic mass is 16.5. The normalized spacial score (nSPS) is 18.2. The van der Waals surface area contributed by atoms with Gasteiger partial charge in [0.05, 0.1) is 36.3 Å². The van der Waals surface area contributed by atoms with Crippen LogP contribution < -0.4 is 15.8 Å². The van der Waals surface area contributed by atoms with Crippen molar-refractivity contribution in [1.82, 2.24) is 25.1 Å². The Bertz CT molecular complexity index is 1050. The van der Waals surface area contributed by atoms with E-state index in [0.29, 0.717) is 29.4 Å². The first-order valence-corrected chi connectivity index (χ1v) is 9.69. The maximum atomic E-state index is 12.9. The number of nitrogens with two attached hydrogens (primary N) is 1. The molecule has 9 nitrogen and oxygen atoms in total. The van der Waals surface area contributed by atoms with Crippen LogP contribution in [0, 0.1) is 5.92 Å². The zero-order valence-electron chi connectivity index (χ0n) is 16.5. The third-order valence-electron chi connectivity index (χ3n) is 5.24. The van der Waals surface area contributed by atoms with Gasteiger partial charge in [-0.15, -0.1) is 0 Å².